The lowest BCUT2D eigenvalue weighted by Gasteiger charge is -2.34. The van der Waals surface area contributed by atoms with Gasteiger partial charge in [-0.3, -0.25) is 4.99 Å². The van der Waals surface area contributed by atoms with E-state index in [9.17, 15) is 0 Å². The van der Waals surface area contributed by atoms with E-state index in [2.05, 4.69) is 46.4 Å². The minimum absolute atomic E-state index is 0.636. The topological polar surface area (TPSA) is 61.4 Å². The Morgan fingerprint density at radius 1 is 0.969 bits per heavy atom. The lowest BCUT2D eigenvalue weighted by atomic mass is 10.1. The van der Waals surface area contributed by atoms with Crippen LogP contribution < -0.4 is 20.1 Å². The van der Waals surface area contributed by atoms with Crippen molar-refractivity contribution in [1.29, 1.82) is 0 Å². The molecule has 1 aliphatic heterocycles. The highest BCUT2D eigenvalue weighted by atomic mass is 16.5. The van der Waals surface area contributed by atoms with E-state index in [1.54, 1.807) is 7.11 Å². The molecule has 0 aromatic heterocycles. The number of benzene rings is 1. The van der Waals surface area contributed by atoms with Crippen molar-refractivity contribution in [3.63, 3.8) is 0 Å². The van der Waals surface area contributed by atoms with Crippen molar-refractivity contribution in [2.24, 2.45) is 4.99 Å². The van der Waals surface area contributed by atoms with Crippen LogP contribution in [-0.2, 0) is 6.42 Å². The summed E-state index contributed by atoms with van der Waals surface area (Å²) in [5.74, 6) is 2.53. The van der Waals surface area contributed by atoms with E-state index in [1.165, 1.54) is 57.7 Å². The average Bonchev–Trinajstić information content (AvgIpc) is 2.82. The highest BCUT2D eigenvalue weighted by Gasteiger charge is 2.14. The number of unbranched alkanes of at least 4 members (excludes halogenated alkanes) is 1. The van der Waals surface area contributed by atoms with E-state index < -0.39 is 0 Å². The van der Waals surface area contributed by atoms with Gasteiger partial charge in [-0.15, -0.1) is 0 Å². The second-order valence-electron chi connectivity index (χ2n) is 8.19. The fraction of sp³-hybridized carbons (Fsp3) is 0.720. The summed E-state index contributed by atoms with van der Waals surface area (Å²) >= 11 is 0. The van der Waals surface area contributed by atoms with Crippen LogP contribution in [0.2, 0.25) is 0 Å². The van der Waals surface area contributed by atoms with Gasteiger partial charge in [-0.25, -0.2) is 0 Å². The van der Waals surface area contributed by atoms with Crippen molar-refractivity contribution >= 4 is 5.96 Å². The number of piperazine rings is 1. The number of nitrogens with one attached hydrogen (secondary N) is 2. The number of aliphatic imine (C=N–C) groups is 1. The first-order valence-electron chi connectivity index (χ1n) is 12.5. The molecule has 32 heavy (non-hydrogen) atoms. The zero-order valence-electron chi connectivity index (χ0n) is 20.8. The van der Waals surface area contributed by atoms with Crippen LogP contribution in [0.5, 0.6) is 11.5 Å². The van der Waals surface area contributed by atoms with Crippen LogP contribution in [0.3, 0.4) is 0 Å². The van der Waals surface area contributed by atoms with Crippen LogP contribution in [0.1, 0.15) is 45.6 Å². The lowest BCUT2D eigenvalue weighted by Crippen LogP contribution is -2.46. The van der Waals surface area contributed by atoms with Gasteiger partial charge in [0, 0.05) is 45.8 Å². The summed E-state index contributed by atoms with van der Waals surface area (Å²) in [5, 5.41) is 6.85. The first kappa shape index (κ1) is 26.3. The Morgan fingerprint density at radius 2 is 1.75 bits per heavy atom. The zero-order valence-corrected chi connectivity index (χ0v) is 20.8. The number of guanidine groups is 1. The molecule has 1 fully saturated rings. The Hall–Kier alpha value is -1.99. The van der Waals surface area contributed by atoms with Crippen LogP contribution in [0, 0.1) is 0 Å². The first-order valence-corrected chi connectivity index (χ1v) is 12.5. The Labute approximate surface area is 195 Å². The molecule has 1 aromatic carbocycles. The molecule has 182 valence electrons. The molecule has 0 saturated carbocycles. The minimum Gasteiger partial charge on any atom is -0.493 e. The van der Waals surface area contributed by atoms with Gasteiger partial charge in [-0.2, -0.15) is 0 Å². The summed E-state index contributed by atoms with van der Waals surface area (Å²) in [4.78, 5) is 9.88. The zero-order chi connectivity index (χ0) is 23.0. The Morgan fingerprint density at radius 3 is 2.44 bits per heavy atom. The van der Waals surface area contributed by atoms with Crippen molar-refractivity contribution in [3.05, 3.63) is 23.8 Å². The number of hydrogen-bond donors (Lipinski definition) is 2. The van der Waals surface area contributed by atoms with Gasteiger partial charge in [0.1, 0.15) is 0 Å². The van der Waals surface area contributed by atoms with Crippen LogP contribution in [-0.4, -0.2) is 88.4 Å². The van der Waals surface area contributed by atoms with E-state index in [0.717, 1.165) is 49.9 Å². The van der Waals surface area contributed by atoms with Crippen LogP contribution in [0.4, 0.5) is 0 Å². The molecule has 0 amide bonds. The number of likely N-dealkylation sites (N-methyl/N-ethyl adjacent to an activating group) is 1. The molecule has 0 atom stereocenters. The predicted octanol–water partition coefficient (Wildman–Crippen LogP) is 3.00. The number of rotatable bonds is 14. The molecule has 1 saturated heterocycles. The Balaban J connectivity index is 1.65. The molecular formula is C25H45N5O2. The molecule has 1 heterocycles. The number of methoxy groups -OCH3 is 1. The summed E-state index contributed by atoms with van der Waals surface area (Å²) < 4.78 is 11.0. The van der Waals surface area contributed by atoms with Crippen molar-refractivity contribution in [1.82, 2.24) is 20.4 Å². The normalized spacial score (nSPS) is 15.6. The maximum absolute atomic E-state index is 5.68. The van der Waals surface area contributed by atoms with Gasteiger partial charge in [0.2, 0.25) is 0 Å². The van der Waals surface area contributed by atoms with Gasteiger partial charge in [-0.1, -0.05) is 13.0 Å². The quantitative estimate of drug-likeness (QED) is 0.260. The number of nitrogens with zero attached hydrogens (tertiary/aromatic N) is 3. The van der Waals surface area contributed by atoms with Gasteiger partial charge in [0.05, 0.1) is 13.7 Å². The van der Waals surface area contributed by atoms with Gasteiger partial charge >= 0.3 is 0 Å². The van der Waals surface area contributed by atoms with Crippen molar-refractivity contribution < 1.29 is 9.47 Å². The first-order chi connectivity index (χ1) is 15.7. The number of ether oxygens (including phenoxy) is 2. The summed E-state index contributed by atoms with van der Waals surface area (Å²) in [7, 11) is 1.68. The molecule has 1 aliphatic rings. The van der Waals surface area contributed by atoms with E-state index >= 15 is 0 Å². The third kappa shape index (κ3) is 9.65. The van der Waals surface area contributed by atoms with Crippen molar-refractivity contribution in [2.75, 3.05) is 72.6 Å². The Kier molecular flexibility index (Phi) is 12.9. The third-order valence-electron chi connectivity index (χ3n) is 5.87. The largest absolute Gasteiger partial charge is 0.493 e. The second-order valence-corrected chi connectivity index (χ2v) is 8.19. The monoisotopic (exact) mass is 447 g/mol. The number of hydrogen-bond acceptors (Lipinski definition) is 5. The SMILES string of the molecule is CCNC(=NCCCc1ccc(OC)c(OCC)c1)NCCCCN1CCN(CC)CC1. The average molecular weight is 448 g/mol. The van der Waals surface area contributed by atoms with E-state index in [0.29, 0.717) is 6.61 Å². The molecule has 0 spiro atoms. The molecule has 0 unspecified atom stereocenters. The van der Waals surface area contributed by atoms with Crippen molar-refractivity contribution in [3.8, 4) is 11.5 Å². The molecule has 0 aliphatic carbocycles. The van der Waals surface area contributed by atoms with Crippen LogP contribution >= 0.6 is 0 Å². The summed E-state index contributed by atoms with van der Waals surface area (Å²) in [6.45, 7) is 16.9. The van der Waals surface area contributed by atoms with E-state index in [1.807, 2.05) is 13.0 Å². The minimum atomic E-state index is 0.636. The Bertz CT molecular complexity index is 660. The summed E-state index contributed by atoms with van der Waals surface area (Å²) in [6.07, 6.45) is 4.37. The molecule has 0 radical (unpaired) electrons. The second kappa shape index (κ2) is 15.8. The third-order valence-corrected chi connectivity index (χ3v) is 5.87. The van der Waals surface area contributed by atoms with Crippen LogP contribution in [0.25, 0.3) is 0 Å². The van der Waals surface area contributed by atoms with Gasteiger partial charge in [0.25, 0.3) is 0 Å². The standard InChI is InChI=1S/C25H45N5O2/c1-5-26-25(27-14-8-9-16-30-19-17-29(6-2)18-20-30)28-15-10-11-22-12-13-23(31-4)24(21-22)32-7-3/h12-13,21H,5-11,14-20H2,1-4H3,(H2,26,27,28). The number of aryl methyl sites for hydroxylation is 1. The smallest absolute Gasteiger partial charge is 0.191 e. The molecule has 1 aromatic rings. The summed E-state index contributed by atoms with van der Waals surface area (Å²) in [6, 6.07) is 6.17. The van der Waals surface area contributed by atoms with E-state index in [4.69, 9.17) is 14.5 Å². The molecule has 7 heteroatoms. The predicted molar refractivity (Wildman–Crippen MR) is 134 cm³/mol. The van der Waals surface area contributed by atoms with Crippen LogP contribution in [0.15, 0.2) is 23.2 Å². The highest BCUT2D eigenvalue weighted by Crippen LogP contribution is 2.28. The molecule has 2 N–H and O–H groups in total. The molecule has 2 rings (SSSR count). The lowest BCUT2D eigenvalue weighted by molar-refractivity contribution is 0.136. The molecule has 7 nitrogen and oxygen atoms in total. The van der Waals surface area contributed by atoms with Crippen molar-refractivity contribution in [2.45, 2.75) is 46.5 Å². The maximum atomic E-state index is 5.68. The fourth-order valence-corrected chi connectivity index (χ4v) is 3.96. The maximum Gasteiger partial charge on any atom is 0.191 e. The van der Waals surface area contributed by atoms with E-state index in [-0.39, 0.29) is 0 Å². The fourth-order valence-electron chi connectivity index (χ4n) is 3.96. The molecule has 0 bridgehead atoms. The molecular weight excluding hydrogens is 402 g/mol. The summed E-state index contributed by atoms with van der Waals surface area (Å²) in [5.41, 5.74) is 1.25. The van der Waals surface area contributed by atoms with Gasteiger partial charge in [0.15, 0.2) is 17.5 Å². The van der Waals surface area contributed by atoms with Gasteiger partial charge < -0.3 is 29.9 Å². The highest BCUT2D eigenvalue weighted by molar-refractivity contribution is 5.79. The van der Waals surface area contributed by atoms with Gasteiger partial charge in [-0.05, 0) is 70.3 Å².